The maximum atomic E-state index is 6.05. The average Bonchev–Trinajstić information content (AvgIpc) is 2.90. The van der Waals surface area contributed by atoms with E-state index in [0.717, 1.165) is 11.3 Å². The fourth-order valence-corrected chi connectivity index (χ4v) is 2.02. The standard InChI is InChI=1S/C13H9Cl2N5O/c1-7-19-20-12(21-7)8-4-2-3-5-10(8)17-11-9(14)6-16-13(15)18-11/h2-6H,1H3,(H,16,17,18). The third-order valence-electron chi connectivity index (χ3n) is 2.65. The van der Waals surface area contributed by atoms with Crippen LogP contribution in [0.2, 0.25) is 10.3 Å². The highest BCUT2D eigenvalue weighted by atomic mass is 35.5. The van der Waals surface area contributed by atoms with E-state index in [1.54, 1.807) is 6.92 Å². The van der Waals surface area contributed by atoms with Gasteiger partial charge >= 0.3 is 0 Å². The second kappa shape index (κ2) is 5.67. The quantitative estimate of drug-likeness (QED) is 0.737. The van der Waals surface area contributed by atoms with Crippen molar-refractivity contribution in [2.45, 2.75) is 6.92 Å². The van der Waals surface area contributed by atoms with E-state index in [-0.39, 0.29) is 5.28 Å². The molecule has 0 saturated carbocycles. The number of rotatable bonds is 3. The third-order valence-corrected chi connectivity index (χ3v) is 3.11. The van der Waals surface area contributed by atoms with Crippen LogP contribution in [-0.4, -0.2) is 20.2 Å². The Morgan fingerprint density at radius 3 is 2.71 bits per heavy atom. The molecule has 0 spiro atoms. The molecule has 3 aromatic rings. The highest BCUT2D eigenvalue weighted by Gasteiger charge is 2.13. The van der Waals surface area contributed by atoms with Gasteiger partial charge in [0.05, 0.1) is 17.4 Å². The number of aromatic nitrogens is 4. The van der Waals surface area contributed by atoms with Gasteiger partial charge in [-0.2, -0.15) is 4.98 Å². The summed E-state index contributed by atoms with van der Waals surface area (Å²) in [6, 6.07) is 7.44. The van der Waals surface area contributed by atoms with Crippen molar-refractivity contribution >= 4 is 34.7 Å². The van der Waals surface area contributed by atoms with Gasteiger partial charge in [0, 0.05) is 6.92 Å². The van der Waals surface area contributed by atoms with Crippen molar-refractivity contribution in [2.24, 2.45) is 0 Å². The van der Waals surface area contributed by atoms with Gasteiger partial charge in [-0.1, -0.05) is 23.7 Å². The van der Waals surface area contributed by atoms with Crippen LogP contribution in [0.3, 0.4) is 0 Å². The second-order valence-corrected chi connectivity index (χ2v) is 4.88. The lowest BCUT2D eigenvalue weighted by molar-refractivity contribution is 0.533. The first-order valence-electron chi connectivity index (χ1n) is 5.98. The van der Waals surface area contributed by atoms with E-state index >= 15 is 0 Å². The first kappa shape index (κ1) is 13.8. The smallest absolute Gasteiger partial charge is 0.249 e. The van der Waals surface area contributed by atoms with E-state index in [4.69, 9.17) is 27.6 Å². The number of nitrogens with zero attached hydrogens (tertiary/aromatic N) is 4. The zero-order valence-corrected chi connectivity index (χ0v) is 12.4. The lowest BCUT2D eigenvalue weighted by Crippen LogP contribution is -1.98. The van der Waals surface area contributed by atoms with Gasteiger partial charge in [-0.25, -0.2) is 4.98 Å². The first-order valence-corrected chi connectivity index (χ1v) is 6.73. The molecular formula is C13H9Cl2N5O. The van der Waals surface area contributed by atoms with Gasteiger partial charge in [-0.3, -0.25) is 0 Å². The molecule has 1 aromatic carbocycles. The molecule has 2 aromatic heterocycles. The number of halogens is 2. The van der Waals surface area contributed by atoms with E-state index in [0.29, 0.717) is 22.6 Å². The Hall–Kier alpha value is -2.18. The average molecular weight is 322 g/mol. The molecule has 0 saturated heterocycles. The minimum absolute atomic E-state index is 0.105. The Kier molecular flexibility index (Phi) is 3.72. The fraction of sp³-hybridized carbons (Fsp3) is 0.0769. The second-order valence-electron chi connectivity index (χ2n) is 4.13. The summed E-state index contributed by atoms with van der Waals surface area (Å²) in [5.74, 6) is 1.30. The lowest BCUT2D eigenvalue weighted by Gasteiger charge is -2.10. The maximum Gasteiger partial charge on any atom is 0.249 e. The zero-order valence-electron chi connectivity index (χ0n) is 10.8. The van der Waals surface area contributed by atoms with Gasteiger partial charge in [0.2, 0.25) is 17.1 Å². The number of nitrogens with one attached hydrogen (secondary N) is 1. The Labute approximate surface area is 130 Å². The zero-order chi connectivity index (χ0) is 14.8. The highest BCUT2D eigenvalue weighted by molar-refractivity contribution is 6.33. The van der Waals surface area contributed by atoms with Crippen LogP contribution in [-0.2, 0) is 0 Å². The van der Waals surface area contributed by atoms with Crippen LogP contribution in [0, 0.1) is 6.92 Å². The summed E-state index contributed by atoms with van der Waals surface area (Å²) >= 11 is 11.8. The van der Waals surface area contributed by atoms with Crippen LogP contribution in [0.15, 0.2) is 34.9 Å². The van der Waals surface area contributed by atoms with Crippen molar-refractivity contribution in [3.05, 3.63) is 46.7 Å². The van der Waals surface area contributed by atoms with Crippen LogP contribution in [0.4, 0.5) is 11.5 Å². The minimum Gasteiger partial charge on any atom is -0.421 e. The van der Waals surface area contributed by atoms with Crippen molar-refractivity contribution in [1.82, 2.24) is 20.2 Å². The largest absolute Gasteiger partial charge is 0.421 e. The molecule has 0 unspecified atom stereocenters. The predicted molar refractivity (Wildman–Crippen MR) is 79.8 cm³/mol. The first-order chi connectivity index (χ1) is 10.1. The van der Waals surface area contributed by atoms with Crippen LogP contribution >= 0.6 is 23.2 Å². The van der Waals surface area contributed by atoms with E-state index in [2.05, 4.69) is 25.5 Å². The number of hydrogen-bond acceptors (Lipinski definition) is 6. The number of aryl methyl sites for hydroxylation is 1. The maximum absolute atomic E-state index is 6.05. The summed E-state index contributed by atoms with van der Waals surface area (Å²) in [6.45, 7) is 1.73. The number of hydrogen-bond donors (Lipinski definition) is 1. The van der Waals surface area contributed by atoms with Crippen molar-refractivity contribution in [2.75, 3.05) is 5.32 Å². The van der Waals surface area contributed by atoms with Crippen LogP contribution in [0.1, 0.15) is 5.89 Å². The molecule has 0 aliphatic carbocycles. The Morgan fingerprint density at radius 1 is 1.14 bits per heavy atom. The van der Waals surface area contributed by atoms with Crippen molar-refractivity contribution < 1.29 is 4.42 Å². The molecule has 0 atom stereocenters. The topological polar surface area (TPSA) is 76.7 Å². The summed E-state index contributed by atoms with van der Waals surface area (Å²) in [5.41, 5.74) is 1.46. The normalized spacial score (nSPS) is 10.6. The number of benzene rings is 1. The summed E-state index contributed by atoms with van der Waals surface area (Å²) in [5, 5.41) is 11.4. The monoisotopic (exact) mass is 321 g/mol. The van der Waals surface area contributed by atoms with Crippen LogP contribution < -0.4 is 5.32 Å². The van der Waals surface area contributed by atoms with Gasteiger partial charge < -0.3 is 9.73 Å². The predicted octanol–water partition coefficient (Wildman–Crippen LogP) is 3.89. The molecule has 106 valence electrons. The molecule has 1 N–H and O–H groups in total. The molecule has 21 heavy (non-hydrogen) atoms. The fourth-order valence-electron chi connectivity index (χ4n) is 1.74. The Morgan fingerprint density at radius 2 is 1.95 bits per heavy atom. The molecule has 0 aliphatic rings. The molecule has 2 heterocycles. The van der Waals surface area contributed by atoms with Crippen molar-refractivity contribution in [3.63, 3.8) is 0 Å². The van der Waals surface area contributed by atoms with Crippen molar-refractivity contribution in [1.29, 1.82) is 0 Å². The molecular weight excluding hydrogens is 313 g/mol. The molecule has 0 aliphatic heterocycles. The molecule has 8 heteroatoms. The summed E-state index contributed by atoms with van der Waals surface area (Å²) < 4.78 is 5.45. The van der Waals surface area contributed by atoms with E-state index in [1.165, 1.54) is 6.20 Å². The van der Waals surface area contributed by atoms with Crippen LogP contribution in [0.25, 0.3) is 11.5 Å². The van der Waals surface area contributed by atoms with E-state index < -0.39 is 0 Å². The lowest BCUT2D eigenvalue weighted by atomic mass is 10.2. The van der Waals surface area contributed by atoms with E-state index in [1.807, 2.05) is 24.3 Å². The van der Waals surface area contributed by atoms with Crippen molar-refractivity contribution in [3.8, 4) is 11.5 Å². The molecule has 0 bridgehead atoms. The molecule has 3 rings (SSSR count). The van der Waals surface area contributed by atoms with Gasteiger partial charge in [0.1, 0.15) is 5.02 Å². The Bertz CT molecular complexity index is 790. The van der Waals surface area contributed by atoms with Crippen LogP contribution in [0.5, 0.6) is 0 Å². The number of anilines is 2. The minimum atomic E-state index is 0.105. The number of para-hydroxylation sites is 1. The third kappa shape index (κ3) is 2.96. The Balaban J connectivity index is 2.01. The summed E-state index contributed by atoms with van der Waals surface area (Å²) in [7, 11) is 0. The van der Waals surface area contributed by atoms with Gasteiger partial charge in [0.25, 0.3) is 0 Å². The molecule has 0 fully saturated rings. The van der Waals surface area contributed by atoms with Gasteiger partial charge in [-0.05, 0) is 23.7 Å². The summed E-state index contributed by atoms with van der Waals surface area (Å²) in [4.78, 5) is 7.86. The molecule has 6 nitrogen and oxygen atoms in total. The van der Waals surface area contributed by atoms with Gasteiger partial charge in [-0.15, -0.1) is 10.2 Å². The molecule has 0 radical (unpaired) electrons. The van der Waals surface area contributed by atoms with E-state index in [9.17, 15) is 0 Å². The summed E-state index contributed by atoms with van der Waals surface area (Å²) in [6.07, 6.45) is 1.43. The highest BCUT2D eigenvalue weighted by Crippen LogP contribution is 2.31. The SMILES string of the molecule is Cc1nnc(-c2ccccc2Nc2nc(Cl)ncc2Cl)o1. The van der Waals surface area contributed by atoms with Gasteiger partial charge in [0.15, 0.2) is 5.82 Å². The molecule has 0 amide bonds.